The van der Waals surface area contributed by atoms with Gasteiger partial charge in [-0.3, -0.25) is 4.99 Å². The molecule has 0 aromatic rings. The van der Waals surface area contributed by atoms with Gasteiger partial charge in [-0.05, 0) is 33.1 Å². The van der Waals surface area contributed by atoms with Gasteiger partial charge in [-0.25, -0.2) is 5.84 Å². The quantitative estimate of drug-likeness (QED) is 0.287. The van der Waals surface area contributed by atoms with Crippen LogP contribution in [0, 0.1) is 5.92 Å². The van der Waals surface area contributed by atoms with Gasteiger partial charge in [-0.15, -0.1) is 0 Å². The molecule has 4 heteroatoms. The van der Waals surface area contributed by atoms with Gasteiger partial charge >= 0.3 is 0 Å². The number of nitrogens with two attached hydrogens (primary N) is 1. The largest absolute Gasteiger partial charge is 0.370 e. The van der Waals surface area contributed by atoms with Gasteiger partial charge in [0.2, 0.25) is 0 Å². The Morgan fingerprint density at radius 1 is 1.50 bits per heavy atom. The number of nitrogens with zero attached hydrogens (tertiary/aromatic N) is 1. The average molecular weight is 199 g/mol. The van der Waals surface area contributed by atoms with Crippen molar-refractivity contribution in [2.24, 2.45) is 16.8 Å². The maximum Gasteiger partial charge on any atom is 0.141 e. The Balaban J connectivity index is 2.75. The Hall–Kier alpha value is -0.610. The maximum absolute atomic E-state index is 5.59. The van der Waals surface area contributed by atoms with Crippen LogP contribution in [0.1, 0.15) is 34.1 Å². The Kier molecular flexibility index (Phi) is 3.50. The van der Waals surface area contributed by atoms with Crippen LogP contribution in [0.15, 0.2) is 4.99 Å². The summed E-state index contributed by atoms with van der Waals surface area (Å²) in [5, 5.41) is 0. The monoisotopic (exact) mass is 199 g/mol. The van der Waals surface area contributed by atoms with Crippen LogP contribution in [0.2, 0.25) is 0 Å². The molecule has 0 amide bonds. The summed E-state index contributed by atoms with van der Waals surface area (Å²) in [6.07, 6.45) is 1.12. The minimum atomic E-state index is -0.118. The highest BCUT2D eigenvalue weighted by Crippen LogP contribution is 2.21. The normalized spacial score (nSPS) is 29.4. The van der Waals surface area contributed by atoms with E-state index in [0.29, 0.717) is 5.92 Å². The van der Waals surface area contributed by atoms with Crippen LogP contribution in [0.4, 0.5) is 0 Å². The van der Waals surface area contributed by atoms with Crippen molar-refractivity contribution in [3.8, 4) is 0 Å². The van der Waals surface area contributed by atoms with Crippen LogP contribution < -0.4 is 11.3 Å². The van der Waals surface area contributed by atoms with Crippen molar-refractivity contribution in [1.82, 2.24) is 5.43 Å². The molecule has 82 valence electrons. The first-order valence-corrected chi connectivity index (χ1v) is 5.12. The first-order valence-electron chi connectivity index (χ1n) is 5.12. The van der Waals surface area contributed by atoms with E-state index in [4.69, 9.17) is 10.6 Å². The first kappa shape index (κ1) is 11.5. The van der Waals surface area contributed by atoms with Crippen molar-refractivity contribution >= 4 is 5.84 Å². The molecule has 1 fully saturated rings. The Labute approximate surface area is 85.9 Å². The third kappa shape index (κ3) is 2.96. The molecule has 0 aliphatic carbocycles. The first-order chi connectivity index (χ1) is 6.44. The van der Waals surface area contributed by atoms with Crippen LogP contribution >= 0.6 is 0 Å². The molecule has 1 saturated heterocycles. The minimum absolute atomic E-state index is 0.0409. The number of hydrogen-bond donors (Lipinski definition) is 2. The highest BCUT2D eigenvalue weighted by molar-refractivity contribution is 5.86. The average Bonchev–Trinajstić information content (AvgIpc) is 2.45. The molecule has 4 nitrogen and oxygen atoms in total. The van der Waals surface area contributed by atoms with Gasteiger partial charge in [-0.1, -0.05) is 6.92 Å². The lowest BCUT2D eigenvalue weighted by Crippen LogP contribution is -2.43. The van der Waals surface area contributed by atoms with Crippen molar-refractivity contribution in [2.75, 3.05) is 6.61 Å². The molecule has 1 rings (SSSR count). The lowest BCUT2D eigenvalue weighted by molar-refractivity contribution is 0.141. The van der Waals surface area contributed by atoms with Gasteiger partial charge < -0.3 is 10.2 Å². The predicted octanol–water partition coefficient (Wildman–Crippen LogP) is 1.07. The summed E-state index contributed by atoms with van der Waals surface area (Å²) >= 11 is 0. The predicted molar refractivity (Wildman–Crippen MR) is 58.0 cm³/mol. The number of rotatable bonds is 1. The molecule has 0 aromatic heterocycles. The van der Waals surface area contributed by atoms with Gasteiger partial charge in [-0.2, -0.15) is 0 Å². The van der Waals surface area contributed by atoms with Gasteiger partial charge in [0.25, 0.3) is 0 Å². The number of hydrazine groups is 1. The highest BCUT2D eigenvalue weighted by atomic mass is 16.5. The van der Waals surface area contributed by atoms with E-state index in [1.54, 1.807) is 0 Å². The summed E-state index contributed by atoms with van der Waals surface area (Å²) in [5.41, 5.74) is 2.54. The second kappa shape index (κ2) is 4.28. The van der Waals surface area contributed by atoms with Crippen molar-refractivity contribution < 1.29 is 4.74 Å². The van der Waals surface area contributed by atoms with E-state index in [0.717, 1.165) is 18.9 Å². The van der Waals surface area contributed by atoms with Crippen LogP contribution in [0.3, 0.4) is 0 Å². The summed E-state index contributed by atoms with van der Waals surface area (Å²) in [6.45, 7) is 9.10. The molecule has 3 N–H and O–H groups in total. The molecule has 0 spiro atoms. The Morgan fingerprint density at radius 3 is 2.50 bits per heavy atom. The molecule has 1 aliphatic heterocycles. The molecule has 1 aliphatic rings. The van der Waals surface area contributed by atoms with Crippen molar-refractivity contribution in [1.29, 1.82) is 0 Å². The molecule has 0 saturated carbocycles. The Bertz CT molecular complexity index is 220. The zero-order chi connectivity index (χ0) is 10.8. The summed E-state index contributed by atoms with van der Waals surface area (Å²) < 4.78 is 5.59. The van der Waals surface area contributed by atoms with Gasteiger partial charge in [0.15, 0.2) is 0 Å². The molecule has 2 unspecified atom stereocenters. The second-order valence-electron chi connectivity index (χ2n) is 4.87. The van der Waals surface area contributed by atoms with E-state index < -0.39 is 0 Å². The number of hydrogen-bond acceptors (Lipinski definition) is 3. The molecule has 0 aromatic carbocycles. The maximum atomic E-state index is 5.59. The lowest BCUT2D eigenvalue weighted by atomic mass is 10.0. The molecule has 1 heterocycles. The van der Waals surface area contributed by atoms with E-state index in [2.05, 4.69) is 17.3 Å². The van der Waals surface area contributed by atoms with Gasteiger partial charge in [0, 0.05) is 6.61 Å². The summed E-state index contributed by atoms with van der Waals surface area (Å²) in [7, 11) is 0. The molecule has 0 bridgehead atoms. The fourth-order valence-corrected chi connectivity index (χ4v) is 1.58. The van der Waals surface area contributed by atoms with Crippen molar-refractivity contribution in [3.05, 3.63) is 0 Å². The zero-order valence-corrected chi connectivity index (χ0v) is 9.50. The van der Waals surface area contributed by atoms with E-state index >= 15 is 0 Å². The van der Waals surface area contributed by atoms with E-state index in [9.17, 15) is 0 Å². The molecule has 0 radical (unpaired) electrons. The zero-order valence-electron chi connectivity index (χ0n) is 9.50. The smallest absolute Gasteiger partial charge is 0.141 e. The highest BCUT2D eigenvalue weighted by Gasteiger charge is 2.29. The summed E-state index contributed by atoms with van der Waals surface area (Å²) in [5.74, 6) is 6.72. The van der Waals surface area contributed by atoms with Crippen LogP contribution in [0.5, 0.6) is 0 Å². The van der Waals surface area contributed by atoms with E-state index in [1.807, 2.05) is 20.8 Å². The molecule has 14 heavy (non-hydrogen) atoms. The fraction of sp³-hybridized carbons (Fsp3) is 0.900. The number of ether oxygens (including phenoxy) is 1. The Morgan fingerprint density at radius 2 is 2.14 bits per heavy atom. The minimum Gasteiger partial charge on any atom is -0.370 e. The number of aliphatic imine (C=N–C) groups is 1. The summed E-state index contributed by atoms with van der Waals surface area (Å²) in [4.78, 5) is 4.52. The van der Waals surface area contributed by atoms with E-state index in [1.165, 1.54) is 0 Å². The van der Waals surface area contributed by atoms with Crippen molar-refractivity contribution in [3.63, 3.8) is 0 Å². The lowest BCUT2D eigenvalue weighted by Gasteiger charge is -2.21. The molecular formula is C10H21N3O. The third-order valence-corrected chi connectivity index (χ3v) is 2.26. The van der Waals surface area contributed by atoms with Crippen molar-refractivity contribution in [2.45, 2.75) is 45.8 Å². The number of nitrogens with one attached hydrogen (secondary N) is 1. The molecule has 2 atom stereocenters. The topological polar surface area (TPSA) is 59.6 Å². The van der Waals surface area contributed by atoms with Crippen LogP contribution in [-0.2, 0) is 4.74 Å². The SMILES string of the molecule is CC1CCOC1C(=NC(C)(C)C)NN. The number of amidine groups is 1. The van der Waals surface area contributed by atoms with E-state index in [-0.39, 0.29) is 11.6 Å². The van der Waals surface area contributed by atoms with Gasteiger partial charge in [0.05, 0.1) is 5.54 Å². The fourth-order valence-electron chi connectivity index (χ4n) is 1.58. The second-order valence-corrected chi connectivity index (χ2v) is 4.87. The summed E-state index contributed by atoms with van der Waals surface area (Å²) in [6, 6.07) is 0. The molecular weight excluding hydrogens is 178 g/mol. The third-order valence-electron chi connectivity index (χ3n) is 2.26. The standard InChI is InChI=1S/C10H21N3O/c1-7-5-6-14-8(7)9(13-11)12-10(2,3)4/h7-8H,5-6,11H2,1-4H3,(H,12,13). The van der Waals surface area contributed by atoms with Gasteiger partial charge in [0.1, 0.15) is 11.9 Å². The van der Waals surface area contributed by atoms with Crippen LogP contribution in [0.25, 0.3) is 0 Å². The van der Waals surface area contributed by atoms with Crippen LogP contribution in [-0.4, -0.2) is 24.1 Å².